The molecule has 0 bridgehead atoms. The number of unbranched alkanes of at least 4 members (excludes halogenated alkanes) is 1. The van der Waals surface area contributed by atoms with E-state index in [0.717, 1.165) is 25.7 Å². The molecule has 1 aliphatic carbocycles. The first-order chi connectivity index (χ1) is 11.4. The normalized spacial score (nSPS) is 17.7. The van der Waals surface area contributed by atoms with Crippen molar-refractivity contribution in [2.24, 2.45) is 17.4 Å². The van der Waals surface area contributed by atoms with Crippen molar-refractivity contribution in [2.75, 3.05) is 6.54 Å². The van der Waals surface area contributed by atoms with Crippen molar-refractivity contribution in [1.82, 2.24) is 10.6 Å². The summed E-state index contributed by atoms with van der Waals surface area (Å²) in [6, 6.07) is -2.44. The molecule has 1 fully saturated rings. The van der Waals surface area contributed by atoms with E-state index < -0.39 is 30.0 Å². The molecule has 0 heterocycles. The Bertz CT molecular complexity index is 424. The quantitative estimate of drug-likeness (QED) is 0.370. The Balaban J connectivity index is 2.50. The summed E-state index contributed by atoms with van der Waals surface area (Å²) in [5.41, 5.74) is 10.8. The molecule has 0 aliphatic heterocycles. The summed E-state index contributed by atoms with van der Waals surface area (Å²) >= 11 is 0. The van der Waals surface area contributed by atoms with E-state index in [1.54, 1.807) is 0 Å². The fourth-order valence-corrected chi connectivity index (χ4v) is 3.11. The lowest BCUT2D eigenvalue weighted by molar-refractivity contribution is -0.139. The summed E-state index contributed by atoms with van der Waals surface area (Å²) in [5, 5.41) is 14.1. The van der Waals surface area contributed by atoms with Gasteiger partial charge >= 0.3 is 12.0 Å². The molecule has 7 N–H and O–H groups in total. The molecule has 138 valence electrons. The van der Waals surface area contributed by atoms with Gasteiger partial charge in [0.05, 0.1) is 0 Å². The molecule has 2 atom stereocenters. The monoisotopic (exact) mass is 342 g/mol. The van der Waals surface area contributed by atoms with E-state index in [0.29, 0.717) is 38.1 Å². The van der Waals surface area contributed by atoms with E-state index in [1.807, 2.05) is 0 Å². The highest BCUT2D eigenvalue weighted by Gasteiger charge is 2.26. The van der Waals surface area contributed by atoms with Gasteiger partial charge in [-0.3, -0.25) is 4.79 Å². The molecule has 0 unspecified atom stereocenters. The summed E-state index contributed by atoms with van der Waals surface area (Å²) in [6.07, 6.45) is 7.63. The minimum atomic E-state index is -1.11. The Morgan fingerprint density at radius 3 is 2.21 bits per heavy atom. The van der Waals surface area contributed by atoms with Gasteiger partial charge < -0.3 is 27.2 Å². The zero-order valence-corrected chi connectivity index (χ0v) is 14.1. The number of aliphatic carboxylic acids is 1. The fourth-order valence-electron chi connectivity index (χ4n) is 3.11. The molecule has 1 saturated carbocycles. The third kappa shape index (κ3) is 7.63. The lowest BCUT2D eigenvalue weighted by Crippen LogP contribution is -2.53. The number of nitrogens with two attached hydrogens (primary N) is 2. The van der Waals surface area contributed by atoms with Gasteiger partial charge in [0.2, 0.25) is 5.91 Å². The zero-order chi connectivity index (χ0) is 17.9. The van der Waals surface area contributed by atoms with Gasteiger partial charge in [0.15, 0.2) is 0 Å². The maximum absolute atomic E-state index is 12.0. The number of carboxylic acid groups (broad SMARTS) is 1. The maximum atomic E-state index is 12.0. The smallest absolute Gasteiger partial charge is 0.326 e. The fraction of sp³-hybridized carbons (Fsp3) is 0.812. The first kappa shape index (κ1) is 20.2. The summed E-state index contributed by atoms with van der Waals surface area (Å²) in [5.74, 6) is -1.33. The van der Waals surface area contributed by atoms with Crippen molar-refractivity contribution in [1.29, 1.82) is 0 Å². The number of primary amides is 1. The van der Waals surface area contributed by atoms with Crippen LogP contribution in [0.5, 0.6) is 0 Å². The number of amides is 3. The van der Waals surface area contributed by atoms with Crippen LogP contribution in [0.25, 0.3) is 0 Å². The maximum Gasteiger partial charge on any atom is 0.326 e. The first-order valence-electron chi connectivity index (χ1n) is 8.73. The molecule has 3 amide bonds. The van der Waals surface area contributed by atoms with Crippen LogP contribution in [0.2, 0.25) is 0 Å². The Labute approximate surface area is 142 Å². The number of carbonyl (C=O) groups excluding carboxylic acids is 2. The molecule has 0 aromatic heterocycles. The van der Waals surface area contributed by atoms with Crippen LogP contribution in [-0.2, 0) is 9.59 Å². The zero-order valence-electron chi connectivity index (χ0n) is 14.1. The van der Waals surface area contributed by atoms with Crippen LogP contribution >= 0.6 is 0 Å². The topological polar surface area (TPSA) is 148 Å². The summed E-state index contributed by atoms with van der Waals surface area (Å²) < 4.78 is 0. The molecular formula is C16H30N4O4. The van der Waals surface area contributed by atoms with Gasteiger partial charge in [-0.1, -0.05) is 32.1 Å². The molecule has 1 rings (SSSR count). The Kier molecular flexibility index (Phi) is 9.14. The van der Waals surface area contributed by atoms with E-state index in [9.17, 15) is 14.4 Å². The molecule has 0 aromatic carbocycles. The van der Waals surface area contributed by atoms with Crippen LogP contribution in [-0.4, -0.2) is 41.6 Å². The third-order valence-electron chi connectivity index (χ3n) is 4.49. The van der Waals surface area contributed by atoms with E-state index in [1.165, 1.54) is 6.42 Å². The Morgan fingerprint density at radius 1 is 1.04 bits per heavy atom. The predicted octanol–water partition coefficient (Wildman–Crippen LogP) is 0.692. The number of hydrogen-bond donors (Lipinski definition) is 5. The molecule has 24 heavy (non-hydrogen) atoms. The molecule has 0 spiro atoms. The van der Waals surface area contributed by atoms with Crippen LogP contribution < -0.4 is 22.1 Å². The second-order valence-corrected chi connectivity index (χ2v) is 6.49. The van der Waals surface area contributed by atoms with E-state index in [2.05, 4.69) is 10.6 Å². The van der Waals surface area contributed by atoms with E-state index in [-0.39, 0.29) is 0 Å². The number of rotatable bonds is 10. The molecule has 8 nitrogen and oxygen atoms in total. The van der Waals surface area contributed by atoms with Crippen molar-refractivity contribution < 1.29 is 19.5 Å². The van der Waals surface area contributed by atoms with Crippen LogP contribution in [0, 0.1) is 5.92 Å². The molecule has 0 radical (unpaired) electrons. The highest BCUT2D eigenvalue weighted by atomic mass is 16.4. The number of nitrogens with one attached hydrogen (secondary N) is 2. The highest BCUT2D eigenvalue weighted by molar-refractivity contribution is 5.87. The molecule has 8 heteroatoms. The predicted molar refractivity (Wildman–Crippen MR) is 90.2 cm³/mol. The van der Waals surface area contributed by atoms with Gasteiger partial charge in [0.25, 0.3) is 0 Å². The number of urea groups is 1. The number of hydrogen-bond acceptors (Lipinski definition) is 4. The average molecular weight is 342 g/mol. The first-order valence-corrected chi connectivity index (χ1v) is 8.73. The van der Waals surface area contributed by atoms with Crippen molar-refractivity contribution in [2.45, 2.75) is 69.9 Å². The molecule has 0 saturated heterocycles. The lowest BCUT2D eigenvalue weighted by atomic mass is 9.84. The minimum Gasteiger partial charge on any atom is -0.480 e. The lowest BCUT2D eigenvalue weighted by Gasteiger charge is -2.26. The van der Waals surface area contributed by atoms with Gasteiger partial charge in [0, 0.05) is 0 Å². The van der Waals surface area contributed by atoms with E-state index in [4.69, 9.17) is 16.6 Å². The SMILES string of the molecule is NCCCC[C@H](NC(=O)N[C@H](CC1CCCCC1)C(N)=O)C(=O)O. The van der Waals surface area contributed by atoms with Crippen LogP contribution in [0.15, 0.2) is 0 Å². The van der Waals surface area contributed by atoms with Crippen LogP contribution in [0.3, 0.4) is 0 Å². The average Bonchev–Trinajstić information content (AvgIpc) is 2.54. The largest absolute Gasteiger partial charge is 0.480 e. The second kappa shape index (κ2) is 10.9. The summed E-state index contributed by atoms with van der Waals surface area (Å²) in [7, 11) is 0. The van der Waals surface area contributed by atoms with Crippen LogP contribution in [0.1, 0.15) is 57.8 Å². The standard InChI is InChI=1S/C16H30N4O4/c17-9-5-4-8-12(15(22)23)19-16(24)20-13(14(18)21)10-11-6-2-1-3-7-11/h11-13H,1-10,17H2,(H2,18,21)(H,22,23)(H2,19,20,24)/t12-,13+/m0/s1. The Hall–Kier alpha value is -1.83. The molecular weight excluding hydrogens is 312 g/mol. The number of carboxylic acids is 1. The summed E-state index contributed by atoms with van der Waals surface area (Å²) in [6.45, 7) is 0.476. The molecule has 1 aliphatic rings. The highest BCUT2D eigenvalue weighted by Crippen LogP contribution is 2.27. The van der Waals surface area contributed by atoms with Crippen LogP contribution in [0.4, 0.5) is 4.79 Å². The van der Waals surface area contributed by atoms with Gasteiger partial charge in [0.1, 0.15) is 12.1 Å². The third-order valence-corrected chi connectivity index (χ3v) is 4.49. The van der Waals surface area contributed by atoms with Gasteiger partial charge in [-0.15, -0.1) is 0 Å². The van der Waals surface area contributed by atoms with Crippen molar-refractivity contribution >= 4 is 17.9 Å². The van der Waals surface area contributed by atoms with Gasteiger partial charge in [-0.25, -0.2) is 9.59 Å². The molecule has 0 aromatic rings. The van der Waals surface area contributed by atoms with Gasteiger partial charge in [-0.05, 0) is 38.1 Å². The summed E-state index contributed by atoms with van der Waals surface area (Å²) in [4.78, 5) is 34.8. The minimum absolute atomic E-state index is 0.295. The van der Waals surface area contributed by atoms with E-state index >= 15 is 0 Å². The van der Waals surface area contributed by atoms with Gasteiger partial charge in [-0.2, -0.15) is 0 Å². The van der Waals surface area contributed by atoms with Crippen molar-refractivity contribution in [3.8, 4) is 0 Å². The Morgan fingerprint density at radius 2 is 1.67 bits per heavy atom. The van der Waals surface area contributed by atoms with Crippen molar-refractivity contribution in [3.05, 3.63) is 0 Å². The number of carbonyl (C=O) groups is 3. The van der Waals surface area contributed by atoms with Crippen molar-refractivity contribution in [3.63, 3.8) is 0 Å². The second-order valence-electron chi connectivity index (χ2n) is 6.49.